The minimum atomic E-state index is -0.127. The van der Waals surface area contributed by atoms with Crippen molar-refractivity contribution in [2.45, 2.75) is 19.9 Å². The lowest BCUT2D eigenvalue weighted by atomic mass is 10.2. The van der Waals surface area contributed by atoms with Crippen LogP contribution in [0.3, 0.4) is 0 Å². The number of carbonyl (C=O) groups excluding carboxylic acids is 1. The molecule has 0 fully saturated rings. The van der Waals surface area contributed by atoms with E-state index in [0.29, 0.717) is 17.9 Å². The molecule has 0 atom stereocenters. The van der Waals surface area contributed by atoms with E-state index in [1.54, 1.807) is 24.7 Å². The zero-order valence-electron chi connectivity index (χ0n) is 11.3. The van der Waals surface area contributed by atoms with Crippen LogP contribution in [0.1, 0.15) is 22.5 Å². The highest BCUT2D eigenvalue weighted by atomic mass is 16.1. The van der Waals surface area contributed by atoms with Crippen LogP contribution in [0.25, 0.3) is 0 Å². The first-order valence-corrected chi connectivity index (χ1v) is 6.38. The van der Waals surface area contributed by atoms with Gasteiger partial charge in [-0.25, -0.2) is 15.8 Å². The van der Waals surface area contributed by atoms with Crippen LogP contribution in [-0.2, 0) is 6.54 Å². The Bertz CT molecular complexity index is 566. The van der Waals surface area contributed by atoms with Gasteiger partial charge in [-0.3, -0.25) is 4.79 Å². The zero-order valence-corrected chi connectivity index (χ0v) is 11.3. The Balaban J connectivity index is 1.83. The highest BCUT2D eigenvalue weighted by Crippen LogP contribution is 2.08. The van der Waals surface area contributed by atoms with Crippen molar-refractivity contribution in [1.29, 1.82) is 0 Å². The van der Waals surface area contributed by atoms with Crippen molar-refractivity contribution >= 4 is 11.7 Å². The summed E-state index contributed by atoms with van der Waals surface area (Å²) in [5, 5.41) is 2.87. The van der Waals surface area contributed by atoms with Crippen LogP contribution in [0.2, 0.25) is 0 Å². The number of nitrogen functional groups attached to an aromatic ring is 1. The standard InChI is InChI=1S/C13H18N6O/c1-10-7-11(8-12(17-10)18-14)13(20)16-3-2-5-19-6-4-15-9-19/h4,6-9H,2-3,5,14H2,1H3,(H,16,20)(H,17,18). The molecule has 0 aromatic carbocycles. The van der Waals surface area contributed by atoms with Crippen LogP contribution in [0.15, 0.2) is 30.9 Å². The molecule has 2 heterocycles. The largest absolute Gasteiger partial charge is 0.352 e. The molecular weight excluding hydrogens is 256 g/mol. The molecule has 0 aliphatic rings. The summed E-state index contributed by atoms with van der Waals surface area (Å²) >= 11 is 0. The number of pyridine rings is 1. The van der Waals surface area contributed by atoms with E-state index in [0.717, 1.165) is 18.7 Å². The molecule has 7 heteroatoms. The van der Waals surface area contributed by atoms with Gasteiger partial charge in [0, 0.05) is 36.7 Å². The third kappa shape index (κ3) is 3.79. The van der Waals surface area contributed by atoms with Crippen LogP contribution in [0, 0.1) is 6.92 Å². The van der Waals surface area contributed by atoms with Crippen molar-refractivity contribution < 1.29 is 4.79 Å². The number of rotatable bonds is 6. The van der Waals surface area contributed by atoms with Gasteiger partial charge >= 0.3 is 0 Å². The van der Waals surface area contributed by atoms with Crippen LogP contribution in [0.5, 0.6) is 0 Å². The molecular formula is C13H18N6O. The molecule has 7 nitrogen and oxygen atoms in total. The number of hydrogen-bond acceptors (Lipinski definition) is 5. The number of carbonyl (C=O) groups is 1. The molecule has 0 bridgehead atoms. The number of nitrogens with two attached hydrogens (primary N) is 1. The van der Waals surface area contributed by atoms with E-state index < -0.39 is 0 Å². The molecule has 20 heavy (non-hydrogen) atoms. The lowest BCUT2D eigenvalue weighted by Gasteiger charge is -2.08. The molecule has 0 saturated heterocycles. The Hall–Kier alpha value is -2.41. The van der Waals surface area contributed by atoms with Crippen LogP contribution in [-0.4, -0.2) is 27.0 Å². The molecule has 0 spiro atoms. The predicted octanol–water partition coefficient (Wildman–Crippen LogP) is 0.692. The Morgan fingerprint density at radius 2 is 2.30 bits per heavy atom. The second-order valence-corrected chi connectivity index (χ2v) is 4.44. The van der Waals surface area contributed by atoms with E-state index >= 15 is 0 Å². The minimum Gasteiger partial charge on any atom is -0.352 e. The number of anilines is 1. The Morgan fingerprint density at radius 3 is 3.00 bits per heavy atom. The molecule has 0 saturated carbocycles. The average molecular weight is 274 g/mol. The normalized spacial score (nSPS) is 10.3. The maximum Gasteiger partial charge on any atom is 0.251 e. The smallest absolute Gasteiger partial charge is 0.251 e. The third-order valence-corrected chi connectivity index (χ3v) is 2.80. The summed E-state index contributed by atoms with van der Waals surface area (Å²) < 4.78 is 1.97. The quantitative estimate of drug-likeness (QED) is 0.409. The summed E-state index contributed by atoms with van der Waals surface area (Å²) in [7, 11) is 0. The topological polar surface area (TPSA) is 97.9 Å². The maximum absolute atomic E-state index is 12.0. The fourth-order valence-electron chi connectivity index (χ4n) is 1.86. The van der Waals surface area contributed by atoms with Crippen LogP contribution >= 0.6 is 0 Å². The predicted molar refractivity (Wildman–Crippen MR) is 76.0 cm³/mol. The average Bonchev–Trinajstić information content (AvgIpc) is 2.95. The van der Waals surface area contributed by atoms with Crippen LogP contribution in [0.4, 0.5) is 5.82 Å². The second kappa shape index (κ2) is 6.67. The van der Waals surface area contributed by atoms with E-state index in [1.165, 1.54) is 0 Å². The molecule has 0 unspecified atom stereocenters. The van der Waals surface area contributed by atoms with E-state index in [1.807, 2.05) is 17.7 Å². The number of amides is 1. The molecule has 2 rings (SSSR count). The Kier molecular flexibility index (Phi) is 4.67. The van der Waals surface area contributed by atoms with Crippen molar-refractivity contribution in [3.63, 3.8) is 0 Å². The molecule has 1 amide bonds. The van der Waals surface area contributed by atoms with Gasteiger partial charge in [0.25, 0.3) is 5.91 Å². The van der Waals surface area contributed by atoms with Gasteiger partial charge in [0.05, 0.1) is 6.33 Å². The van der Waals surface area contributed by atoms with Crippen molar-refractivity contribution in [3.8, 4) is 0 Å². The number of imidazole rings is 1. The fourth-order valence-corrected chi connectivity index (χ4v) is 1.86. The SMILES string of the molecule is Cc1cc(C(=O)NCCCn2ccnc2)cc(NN)n1. The summed E-state index contributed by atoms with van der Waals surface area (Å²) in [6, 6.07) is 3.35. The van der Waals surface area contributed by atoms with Gasteiger partial charge in [-0.1, -0.05) is 0 Å². The summed E-state index contributed by atoms with van der Waals surface area (Å²) in [5.74, 6) is 5.66. The molecule has 106 valence electrons. The maximum atomic E-state index is 12.0. The van der Waals surface area contributed by atoms with Crippen molar-refractivity contribution in [3.05, 3.63) is 42.1 Å². The Morgan fingerprint density at radius 1 is 1.45 bits per heavy atom. The van der Waals surface area contributed by atoms with E-state index in [4.69, 9.17) is 5.84 Å². The van der Waals surface area contributed by atoms with Gasteiger partial charge in [0.15, 0.2) is 0 Å². The first kappa shape index (κ1) is 14.0. The molecule has 4 N–H and O–H groups in total. The summed E-state index contributed by atoms with van der Waals surface area (Å²) in [5.41, 5.74) is 3.74. The molecule has 0 radical (unpaired) electrons. The lowest BCUT2D eigenvalue weighted by Crippen LogP contribution is -2.25. The third-order valence-electron chi connectivity index (χ3n) is 2.80. The first-order chi connectivity index (χ1) is 9.69. The first-order valence-electron chi connectivity index (χ1n) is 6.38. The minimum absolute atomic E-state index is 0.127. The molecule has 0 aliphatic carbocycles. The molecule has 2 aromatic rings. The van der Waals surface area contributed by atoms with Gasteiger partial charge in [0.2, 0.25) is 0 Å². The van der Waals surface area contributed by atoms with Gasteiger partial charge in [-0.05, 0) is 25.5 Å². The van der Waals surface area contributed by atoms with Gasteiger partial charge in [-0.15, -0.1) is 0 Å². The lowest BCUT2D eigenvalue weighted by molar-refractivity contribution is 0.0952. The molecule has 2 aromatic heterocycles. The van der Waals surface area contributed by atoms with E-state index in [-0.39, 0.29) is 5.91 Å². The zero-order chi connectivity index (χ0) is 14.4. The highest BCUT2D eigenvalue weighted by molar-refractivity contribution is 5.94. The van der Waals surface area contributed by atoms with Gasteiger partial charge in [-0.2, -0.15) is 0 Å². The van der Waals surface area contributed by atoms with Crippen LogP contribution < -0.4 is 16.6 Å². The number of hydrazine groups is 1. The van der Waals surface area contributed by atoms with E-state index in [9.17, 15) is 4.79 Å². The van der Waals surface area contributed by atoms with Gasteiger partial charge < -0.3 is 15.3 Å². The highest BCUT2D eigenvalue weighted by Gasteiger charge is 2.07. The summed E-state index contributed by atoms with van der Waals surface area (Å²) in [4.78, 5) is 20.1. The fraction of sp³-hybridized carbons (Fsp3) is 0.308. The van der Waals surface area contributed by atoms with Crippen molar-refractivity contribution in [2.75, 3.05) is 12.0 Å². The number of aryl methyl sites for hydroxylation is 2. The number of aromatic nitrogens is 3. The number of nitrogens with one attached hydrogen (secondary N) is 2. The molecule has 0 aliphatic heterocycles. The number of hydrogen-bond donors (Lipinski definition) is 3. The monoisotopic (exact) mass is 274 g/mol. The van der Waals surface area contributed by atoms with Crippen molar-refractivity contribution in [2.24, 2.45) is 5.84 Å². The Labute approximate surface area is 117 Å². The van der Waals surface area contributed by atoms with E-state index in [2.05, 4.69) is 20.7 Å². The number of nitrogens with zero attached hydrogens (tertiary/aromatic N) is 3. The summed E-state index contributed by atoms with van der Waals surface area (Å²) in [6.07, 6.45) is 6.23. The van der Waals surface area contributed by atoms with Crippen molar-refractivity contribution in [1.82, 2.24) is 19.9 Å². The summed E-state index contributed by atoms with van der Waals surface area (Å²) in [6.45, 7) is 3.24. The second-order valence-electron chi connectivity index (χ2n) is 4.44. The van der Waals surface area contributed by atoms with Gasteiger partial charge in [0.1, 0.15) is 5.82 Å².